The lowest BCUT2D eigenvalue weighted by atomic mass is 10.1. The Labute approximate surface area is 178 Å². The number of rotatable bonds is 19. The molecule has 0 spiro atoms. The first-order valence-electron chi connectivity index (χ1n) is 11.5. The van der Waals surface area contributed by atoms with Gasteiger partial charge in [0.2, 0.25) is 0 Å². The summed E-state index contributed by atoms with van der Waals surface area (Å²) in [5.74, 6) is 0. The highest BCUT2D eigenvalue weighted by Gasteiger charge is 2.29. The normalized spacial score (nSPS) is 21.7. The maximum Gasteiger partial charge on any atom is 0.472 e. The highest BCUT2D eigenvalue weighted by Crippen LogP contribution is 2.43. The van der Waals surface area contributed by atoms with Crippen LogP contribution in [0.1, 0.15) is 84.0 Å². The van der Waals surface area contributed by atoms with E-state index in [4.69, 9.17) is 18.5 Å². The van der Waals surface area contributed by atoms with Crippen molar-refractivity contribution >= 4 is 7.82 Å². The molecular weight excluding hydrogens is 393 g/mol. The Hall–Kier alpha value is -0.0100. The lowest BCUT2D eigenvalue weighted by molar-refractivity contribution is -0.0702. The fraction of sp³-hybridized carbons (Fsp3) is 1.00. The van der Waals surface area contributed by atoms with Gasteiger partial charge >= 0.3 is 7.82 Å². The first-order chi connectivity index (χ1) is 13.9. The van der Waals surface area contributed by atoms with Crippen LogP contribution in [0.3, 0.4) is 0 Å². The molecule has 8 heteroatoms. The molecule has 1 saturated heterocycles. The summed E-state index contributed by atoms with van der Waals surface area (Å²) in [6, 6.07) is 0. The second-order valence-electron chi connectivity index (χ2n) is 8.25. The molecule has 1 aliphatic heterocycles. The van der Waals surface area contributed by atoms with Gasteiger partial charge in [-0.05, 0) is 26.9 Å². The van der Waals surface area contributed by atoms with Crippen LogP contribution in [0.2, 0.25) is 0 Å². The molecule has 0 radical (unpaired) electrons. The number of phosphoric ester groups is 1. The Bertz CT molecular complexity index is 437. The summed E-state index contributed by atoms with van der Waals surface area (Å²) in [5.41, 5.74) is 0. The third-order valence-electron chi connectivity index (χ3n) is 5.07. The van der Waals surface area contributed by atoms with Crippen LogP contribution in [0, 0.1) is 0 Å². The van der Waals surface area contributed by atoms with Crippen LogP contribution in [-0.2, 0) is 23.1 Å². The van der Waals surface area contributed by atoms with Crippen molar-refractivity contribution in [1.29, 1.82) is 0 Å². The summed E-state index contributed by atoms with van der Waals surface area (Å²) >= 11 is 0. The quantitative estimate of drug-likeness (QED) is 0.222. The molecule has 1 aliphatic rings. The lowest BCUT2D eigenvalue weighted by Crippen LogP contribution is -2.20. The summed E-state index contributed by atoms with van der Waals surface area (Å²) < 4.78 is 33.1. The Balaban J connectivity index is 1.95. The van der Waals surface area contributed by atoms with Gasteiger partial charge in [0.15, 0.2) is 6.29 Å². The first kappa shape index (κ1) is 27.0. The van der Waals surface area contributed by atoms with Gasteiger partial charge in [-0.1, -0.05) is 71.1 Å². The van der Waals surface area contributed by atoms with Crippen LogP contribution in [0.5, 0.6) is 0 Å². The minimum Gasteiger partial charge on any atom is -0.350 e. The molecule has 0 aromatic rings. The van der Waals surface area contributed by atoms with Crippen molar-refractivity contribution in [2.24, 2.45) is 0 Å². The Morgan fingerprint density at radius 1 is 0.966 bits per heavy atom. The largest absolute Gasteiger partial charge is 0.472 e. The van der Waals surface area contributed by atoms with Crippen molar-refractivity contribution in [1.82, 2.24) is 4.90 Å². The van der Waals surface area contributed by atoms with Crippen LogP contribution in [0.25, 0.3) is 0 Å². The zero-order valence-electron chi connectivity index (χ0n) is 18.9. The molecule has 1 heterocycles. The highest BCUT2D eigenvalue weighted by atomic mass is 31.2. The second kappa shape index (κ2) is 16.7. The maximum atomic E-state index is 11.8. The molecule has 7 nitrogen and oxygen atoms in total. The van der Waals surface area contributed by atoms with Gasteiger partial charge in [0, 0.05) is 6.54 Å². The number of nitrogens with zero attached hydrogens (tertiary/aromatic N) is 1. The van der Waals surface area contributed by atoms with E-state index in [-0.39, 0.29) is 25.6 Å². The van der Waals surface area contributed by atoms with Crippen LogP contribution < -0.4 is 0 Å². The van der Waals surface area contributed by atoms with Gasteiger partial charge in [-0.2, -0.15) is 0 Å². The smallest absolute Gasteiger partial charge is 0.350 e. The fourth-order valence-corrected chi connectivity index (χ4v) is 4.02. The monoisotopic (exact) mass is 437 g/mol. The molecule has 0 bridgehead atoms. The molecule has 3 atom stereocenters. The Kier molecular flexibility index (Phi) is 15.5. The number of likely N-dealkylation sites (N-methyl/N-ethyl adjacent to an activating group) is 1. The lowest BCUT2D eigenvalue weighted by Gasteiger charge is -2.16. The minimum atomic E-state index is -4.03. The van der Waals surface area contributed by atoms with E-state index in [1.165, 1.54) is 64.2 Å². The third-order valence-corrected chi connectivity index (χ3v) is 6.06. The number of hydrogen-bond acceptors (Lipinski definition) is 6. The van der Waals surface area contributed by atoms with E-state index in [0.717, 1.165) is 12.8 Å². The molecule has 1 N–H and O–H groups in total. The molecular formula is C21H44NO6P. The number of unbranched alkanes of at least 4 members (excludes halogenated alkanes) is 10. The van der Waals surface area contributed by atoms with E-state index in [0.29, 0.717) is 13.2 Å². The standard InChI is InChI=1S/C21H44NO6P/c1-4-5-6-7-8-9-10-11-12-13-14-15-21-25-18-20(28-21)19-27-29(23,24)26-17-16-22(2)3/h20-21H,4-19H2,1-3H3,(H,23,24)/t20-,21+/m0/s1. The van der Waals surface area contributed by atoms with Crippen LogP contribution in [-0.4, -0.2) is 62.6 Å². The molecule has 29 heavy (non-hydrogen) atoms. The van der Waals surface area contributed by atoms with E-state index < -0.39 is 7.82 Å². The van der Waals surface area contributed by atoms with Crippen molar-refractivity contribution in [3.63, 3.8) is 0 Å². The average Bonchev–Trinajstić information content (AvgIpc) is 3.12. The average molecular weight is 438 g/mol. The summed E-state index contributed by atoms with van der Waals surface area (Å²) in [6.07, 6.45) is 14.8. The van der Waals surface area contributed by atoms with Crippen molar-refractivity contribution in [2.45, 2.75) is 96.4 Å². The van der Waals surface area contributed by atoms with Crippen LogP contribution in [0.15, 0.2) is 0 Å². The minimum absolute atomic E-state index is 0.00446. The molecule has 0 aromatic heterocycles. The predicted molar refractivity (Wildman–Crippen MR) is 116 cm³/mol. The third kappa shape index (κ3) is 15.4. The molecule has 0 saturated carbocycles. The SMILES string of the molecule is CCCCCCCCCCCCC[C@@H]1OC[C@@H](COP(=O)(O)OCCN(C)C)O1. The zero-order valence-corrected chi connectivity index (χ0v) is 19.7. The molecule has 0 aromatic carbocycles. The van der Waals surface area contributed by atoms with Crippen LogP contribution in [0.4, 0.5) is 0 Å². The maximum absolute atomic E-state index is 11.8. The number of phosphoric acid groups is 1. The molecule has 1 rings (SSSR count). The van der Waals surface area contributed by atoms with Gasteiger partial charge in [-0.15, -0.1) is 0 Å². The van der Waals surface area contributed by atoms with E-state index in [1.807, 2.05) is 19.0 Å². The van der Waals surface area contributed by atoms with Gasteiger partial charge in [0.25, 0.3) is 0 Å². The molecule has 174 valence electrons. The number of ether oxygens (including phenoxy) is 2. The first-order valence-corrected chi connectivity index (χ1v) is 13.0. The Morgan fingerprint density at radius 2 is 1.55 bits per heavy atom. The zero-order chi connectivity index (χ0) is 21.4. The van der Waals surface area contributed by atoms with E-state index >= 15 is 0 Å². The van der Waals surface area contributed by atoms with E-state index in [2.05, 4.69) is 6.92 Å². The van der Waals surface area contributed by atoms with Crippen molar-refractivity contribution in [3.8, 4) is 0 Å². The van der Waals surface area contributed by atoms with Gasteiger partial charge in [0.05, 0.1) is 19.8 Å². The van der Waals surface area contributed by atoms with E-state index in [1.54, 1.807) is 0 Å². The van der Waals surface area contributed by atoms with Crippen molar-refractivity contribution < 1.29 is 28.0 Å². The summed E-state index contributed by atoms with van der Waals surface area (Å²) in [7, 11) is -0.297. The topological polar surface area (TPSA) is 77.5 Å². The summed E-state index contributed by atoms with van der Waals surface area (Å²) in [6.45, 7) is 3.35. The molecule has 0 amide bonds. The number of hydrogen-bond donors (Lipinski definition) is 1. The highest BCUT2D eigenvalue weighted by molar-refractivity contribution is 7.47. The Morgan fingerprint density at radius 3 is 2.14 bits per heavy atom. The summed E-state index contributed by atoms with van der Waals surface area (Å²) in [4.78, 5) is 11.5. The van der Waals surface area contributed by atoms with Crippen molar-refractivity contribution in [2.75, 3.05) is 40.5 Å². The summed E-state index contributed by atoms with van der Waals surface area (Å²) in [5, 5.41) is 0. The molecule has 1 fully saturated rings. The van der Waals surface area contributed by atoms with Gasteiger partial charge in [0.1, 0.15) is 6.10 Å². The second-order valence-corrected chi connectivity index (χ2v) is 9.70. The van der Waals surface area contributed by atoms with E-state index in [9.17, 15) is 9.46 Å². The van der Waals surface area contributed by atoms with Gasteiger partial charge in [-0.25, -0.2) is 4.57 Å². The molecule has 1 unspecified atom stereocenters. The van der Waals surface area contributed by atoms with Crippen molar-refractivity contribution in [3.05, 3.63) is 0 Å². The van der Waals surface area contributed by atoms with Crippen LogP contribution >= 0.6 is 7.82 Å². The predicted octanol–water partition coefficient (Wildman–Crippen LogP) is 5.12. The fourth-order valence-electron chi connectivity index (χ4n) is 3.28. The van der Waals surface area contributed by atoms with Gasteiger partial charge < -0.3 is 19.3 Å². The van der Waals surface area contributed by atoms with Gasteiger partial charge in [-0.3, -0.25) is 9.05 Å². The molecule has 0 aliphatic carbocycles.